The van der Waals surface area contributed by atoms with E-state index in [1.54, 1.807) is 12.1 Å². The number of morpholine rings is 2. The molecule has 2 saturated heterocycles. The van der Waals surface area contributed by atoms with Crippen LogP contribution in [-0.2, 0) is 9.47 Å². The molecular formula is C26H33FN4O3S. The first-order valence-electron chi connectivity index (χ1n) is 12.1. The molecule has 0 bridgehead atoms. The molecule has 1 N–H and O–H groups in total. The molecule has 2 aliphatic rings. The maximum Gasteiger partial charge on any atom is 0.253 e. The first-order valence-corrected chi connectivity index (χ1v) is 12.5. The van der Waals surface area contributed by atoms with Crippen molar-refractivity contribution in [1.29, 1.82) is 0 Å². The molecule has 0 aromatic heterocycles. The number of hydrogen-bond donors (Lipinski definition) is 1. The van der Waals surface area contributed by atoms with E-state index in [9.17, 15) is 9.18 Å². The Morgan fingerprint density at radius 3 is 2.51 bits per heavy atom. The van der Waals surface area contributed by atoms with Crippen molar-refractivity contribution in [3.8, 4) is 0 Å². The van der Waals surface area contributed by atoms with Gasteiger partial charge in [-0.15, -0.1) is 0 Å². The van der Waals surface area contributed by atoms with Gasteiger partial charge >= 0.3 is 0 Å². The summed E-state index contributed by atoms with van der Waals surface area (Å²) in [5.74, 6) is -0.283. The third-order valence-electron chi connectivity index (χ3n) is 6.32. The van der Waals surface area contributed by atoms with Crippen LogP contribution in [0.25, 0.3) is 0 Å². The Bertz CT molecular complexity index is 983. The second-order valence-corrected chi connectivity index (χ2v) is 9.33. The van der Waals surface area contributed by atoms with Crippen LogP contribution >= 0.6 is 12.2 Å². The number of benzene rings is 2. The van der Waals surface area contributed by atoms with E-state index in [2.05, 4.69) is 10.2 Å². The van der Waals surface area contributed by atoms with Crippen LogP contribution in [0.15, 0.2) is 48.5 Å². The number of ether oxygens (including phenoxy) is 2. The Kier molecular flexibility index (Phi) is 9.03. The van der Waals surface area contributed by atoms with Crippen LogP contribution < -0.4 is 5.32 Å². The Balaban J connectivity index is 1.39. The molecule has 1 amide bonds. The summed E-state index contributed by atoms with van der Waals surface area (Å²) in [5, 5.41) is 3.74. The van der Waals surface area contributed by atoms with Crippen LogP contribution in [0.3, 0.4) is 0 Å². The number of hydrogen-bond acceptors (Lipinski definition) is 5. The number of rotatable bonds is 7. The molecule has 0 unspecified atom stereocenters. The quantitative estimate of drug-likeness (QED) is 0.587. The lowest BCUT2D eigenvalue weighted by Crippen LogP contribution is -2.52. The SMILES string of the molecule is Cc1ccc(C(=O)N(CCN2CCOCC2)C[C@@H]2CN(C(=S)Nc3ccc(F)cc3)CCO2)cc1. The summed E-state index contributed by atoms with van der Waals surface area (Å²) < 4.78 is 24.7. The fourth-order valence-electron chi connectivity index (χ4n) is 4.24. The van der Waals surface area contributed by atoms with Gasteiger partial charge in [0, 0.05) is 57.1 Å². The zero-order valence-corrected chi connectivity index (χ0v) is 20.9. The molecule has 2 fully saturated rings. The van der Waals surface area contributed by atoms with Gasteiger partial charge in [0.05, 0.1) is 25.9 Å². The number of anilines is 1. The van der Waals surface area contributed by atoms with Crippen LogP contribution in [0.1, 0.15) is 15.9 Å². The van der Waals surface area contributed by atoms with E-state index in [4.69, 9.17) is 21.7 Å². The van der Waals surface area contributed by atoms with Crippen LogP contribution in [0.2, 0.25) is 0 Å². The number of nitrogens with zero attached hydrogens (tertiary/aromatic N) is 3. The second kappa shape index (κ2) is 12.4. The van der Waals surface area contributed by atoms with Crippen LogP contribution in [-0.4, -0.2) is 97.5 Å². The highest BCUT2D eigenvalue weighted by Gasteiger charge is 2.27. The summed E-state index contributed by atoms with van der Waals surface area (Å²) in [7, 11) is 0. The summed E-state index contributed by atoms with van der Waals surface area (Å²) >= 11 is 5.60. The second-order valence-electron chi connectivity index (χ2n) is 8.95. The first kappa shape index (κ1) is 25.5. The molecule has 35 heavy (non-hydrogen) atoms. The van der Waals surface area contributed by atoms with E-state index < -0.39 is 0 Å². The average Bonchev–Trinajstić information content (AvgIpc) is 2.88. The monoisotopic (exact) mass is 500 g/mol. The van der Waals surface area contributed by atoms with Gasteiger partial charge in [-0.05, 0) is 55.5 Å². The summed E-state index contributed by atoms with van der Waals surface area (Å²) in [6.45, 7) is 8.86. The minimum Gasteiger partial charge on any atom is -0.379 e. The molecule has 9 heteroatoms. The van der Waals surface area contributed by atoms with Gasteiger partial charge in [0.25, 0.3) is 5.91 Å². The predicted molar refractivity (Wildman–Crippen MR) is 138 cm³/mol. The van der Waals surface area contributed by atoms with Gasteiger partial charge in [-0.2, -0.15) is 0 Å². The van der Waals surface area contributed by atoms with Gasteiger partial charge in [-0.3, -0.25) is 9.69 Å². The molecule has 7 nitrogen and oxygen atoms in total. The van der Waals surface area contributed by atoms with E-state index in [1.165, 1.54) is 12.1 Å². The smallest absolute Gasteiger partial charge is 0.253 e. The fraction of sp³-hybridized carbons (Fsp3) is 0.462. The average molecular weight is 501 g/mol. The predicted octanol–water partition coefficient (Wildman–Crippen LogP) is 3.01. The molecule has 1 atom stereocenters. The fourth-order valence-corrected chi connectivity index (χ4v) is 4.52. The normalized spacial score (nSPS) is 18.8. The summed E-state index contributed by atoms with van der Waals surface area (Å²) in [6, 6.07) is 13.8. The summed E-state index contributed by atoms with van der Waals surface area (Å²) in [5.41, 5.74) is 2.54. The van der Waals surface area contributed by atoms with E-state index in [0.29, 0.717) is 43.5 Å². The molecule has 2 heterocycles. The summed E-state index contributed by atoms with van der Waals surface area (Å²) in [4.78, 5) is 19.7. The molecule has 0 spiro atoms. The lowest BCUT2D eigenvalue weighted by atomic mass is 10.1. The molecule has 4 rings (SSSR count). The minimum atomic E-state index is -0.289. The van der Waals surface area contributed by atoms with E-state index in [1.807, 2.05) is 41.0 Å². The highest BCUT2D eigenvalue weighted by Crippen LogP contribution is 2.15. The zero-order valence-electron chi connectivity index (χ0n) is 20.1. The van der Waals surface area contributed by atoms with Gasteiger partial charge in [0.2, 0.25) is 0 Å². The van der Waals surface area contributed by atoms with Crippen molar-refractivity contribution in [1.82, 2.24) is 14.7 Å². The van der Waals surface area contributed by atoms with Crippen molar-refractivity contribution < 1.29 is 18.7 Å². The largest absolute Gasteiger partial charge is 0.379 e. The summed E-state index contributed by atoms with van der Waals surface area (Å²) in [6.07, 6.45) is -0.171. The molecule has 2 aromatic carbocycles. The van der Waals surface area contributed by atoms with Crippen molar-refractivity contribution in [2.45, 2.75) is 13.0 Å². The van der Waals surface area contributed by atoms with Gasteiger partial charge in [0.1, 0.15) is 5.82 Å². The van der Waals surface area contributed by atoms with Gasteiger partial charge in [0.15, 0.2) is 5.11 Å². The third-order valence-corrected chi connectivity index (χ3v) is 6.68. The number of nitrogens with one attached hydrogen (secondary N) is 1. The van der Waals surface area contributed by atoms with Crippen molar-refractivity contribution in [3.63, 3.8) is 0 Å². The Morgan fingerprint density at radius 2 is 1.80 bits per heavy atom. The Hall–Kier alpha value is -2.59. The lowest BCUT2D eigenvalue weighted by molar-refractivity contribution is -0.0228. The molecular weight excluding hydrogens is 467 g/mol. The molecule has 0 saturated carbocycles. The first-order chi connectivity index (χ1) is 17.0. The van der Waals surface area contributed by atoms with Crippen LogP contribution in [0, 0.1) is 12.7 Å². The van der Waals surface area contributed by atoms with E-state index >= 15 is 0 Å². The number of amides is 1. The van der Waals surface area contributed by atoms with Crippen LogP contribution in [0.4, 0.5) is 10.1 Å². The Labute approximate surface area is 211 Å². The highest BCUT2D eigenvalue weighted by atomic mass is 32.1. The van der Waals surface area contributed by atoms with E-state index in [-0.39, 0.29) is 17.8 Å². The topological polar surface area (TPSA) is 57.3 Å². The number of halogens is 1. The highest BCUT2D eigenvalue weighted by molar-refractivity contribution is 7.80. The van der Waals surface area contributed by atoms with Gasteiger partial charge in [-0.25, -0.2) is 4.39 Å². The van der Waals surface area contributed by atoms with Crippen molar-refractivity contribution in [2.75, 3.05) is 71.0 Å². The number of carbonyl (C=O) groups excluding carboxylic acids is 1. The molecule has 0 aliphatic carbocycles. The standard InChI is InChI=1S/C26H33FN4O3S/c1-20-2-4-21(5-3-20)25(32)30(11-10-29-12-15-33-16-13-29)18-24-19-31(14-17-34-24)26(35)28-23-8-6-22(27)7-9-23/h2-9,24H,10-19H2,1H3,(H,28,35)/t24-/m1/s1. The van der Waals surface area contributed by atoms with E-state index in [0.717, 1.165) is 44.1 Å². The molecule has 2 aromatic rings. The Morgan fingerprint density at radius 1 is 1.09 bits per heavy atom. The van der Waals surface area contributed by atoms with Gasteiger partial charge < -0.3 is 24.6 Å². The third kappa shape index (κ3) is 7.44. The number of carbonyl (C=O) groups is 1. The maximum absolute atomic E-state index is 13.4. The molecule has 188 valence electrons. The maximum atomic E-state index is 13.4. The minimum absolute atomic E-state index is 0.00555. The zero-order chi connectivity index (χ0) is 24.6. The number of aryl methyl sites for hydroxylation is 1. The van der Waals surface area contributed by atoms with Crippen molar-refractivity contribution >= 4 is 28.9 Å². The molecule has 2 aliphatic heterocycles. The lowest BCUT2D eigenvalue weighted by Gasteiger charge is -2.37. The number of thiocarbonyl (C=S) groups is 1. The molecule has 0 radical (unpaired) electrons. The van der Waals surface area contributed by atoms with Crippen LogP contribution in [0.5, 0.6) is 0 Å². The van der Waals surface area contributed by atoms with Crippen molar-refractivity contribution in [3.05, 3.63) is 65.5 Å². The van der Waals surface area contributed by atoms with Crippen molar-refractivity contribution in [2.24, 2.45) is 0 Å². The van der Waals surface area contributed by atoms with Gasteiger partial charge in [-0.1, -0.05) is 17.7 Å².